The number of hydrogen-bond acceptors (Lipinski definition) is 0. The first-order valence-electron chi connectivity index (χ1n) is 5.75. The Hall–Kier alpha value is 1.65. The molecule has 0 nitrogen and oxygen atoms in total. The molecule has 0 fully saturated rings. The standard InChI is InChI=1S/C8H19P.C5H13P.B.HI/c1-7(2,3)9-8(4,5)6;1-5(2,3)6-4;;/h9H,1-6H3;6H,1-4H3;;1H/q;;+1;/p-1. The summed E-state index contributed by atoms with van der Waals surface area (Å²) in [5, 5.41) is 1.59. The second-order valence-corrected chi connectivity index (χ2v) is 12.4. The van der Waals surface area contributed by atoms with Gasteiger partial charge in [0.15, 0.2) is 0 Å². The summed E-state index contributed by atoms with van der Waals surface area (Å²) >= 11 is 0. The Balaban J connectivity index is -0.0000000945. The van der Waals surface area contributed by atoms with Gasteiger partial charge in [-0.25, -0.2) is 0 Å². The average molecular weight is 388 g/mol. The second kappa shape index (κ2) is 10.4. The molecule has 0 bridgehead atoms. The van der Waals surface area contributed by atoms with E-state index in [0.717, 1.165) is 17.2 Å². The van der Waals surface area contributed by atoms with Crippen molar-refractivity contribution >= 4 is 25.6 Å². The van der Waals surface area contributed by atoms with E-state index in [4.69, 9.17) is 0 Å². The Morgan fingerprint density at radius 3 is 0.765 bits per heavy atom. The third-order valence-corrected chi connectivity index (χ3v) is 4.50. The topological polar surface area (TPSA) is 0 Å². The molecule has 0 aliphatic carbocycles. The first-order chi connectivity index (χ1) is 6.27. The molecule has 0 aliphatic rings. The third-order valence-electron chi connectivity index (χ3n) is 1.50. The maximum Gasteiger partial charge on any atom is 1.00 e. The zero-order valence-corrected chi connectivity index (χ0v) is 17.6. The summed E-state index contributed by atoms with van der Waals surface area (Å²) in [7, 11) is 2.12. The van der Waals surface area contributed by atoms with Gasteiger partial charge in [-0.1, -0.05) is 62.3 Å². The van der Waals surface area contributed by atoms with Crippen LogP contribution in [0.5, 0.6) is 0 Å². The van der Waals surface area contributed by atoms with Crippen LogP contribution in [0.1, 0.15) is 62.3 Å². The molecular weight excluding hydrogens is 356 g/mol. The fourth-order valence-electron chi connectivity index (χ4n) is 1.12. The van der Waals surface area contributed by atoms with Crippen molar-refractivity contribution in [2.45, 2.75) is 77.8 Å². The van der Waals surface area contributed by atoms with Crippen LogP contribution in [-0.4, -0.2) is 30.5 Å². The van der Waals surface area contributed by atoms with Crippen LogP contribution in [0.2, 0.25) is 0 Å². The van der Waals surface area contributed by atoms with Gasteiger partial charge in [-0.05, 0) is 22.1 Å². The quantitative estimate of drug-likeness (QED) is 0.338. The van der Waals surface area contributed by atoms with Crippen LogP contribution in [0.3, 0.4) is 0 Å². The molecule has 0 amide bonds. The molecule has 0 aromatic heterocycles. The third kappa shape index (κ3) is 38.1. The minimum atomic E-state index is 0. The van der Waals surface area contributed by atoms with Gasteiger partial charge in [-0.3, -0.25) is 0 Å². The Morgan fingerprint density at radius 2 is 0.765 bits per heavy atom. The van der Waals surface area contributed by atoms with Crippen LogP contribution < -0.4 is 24.0 Å². The molecule has 0 rings (SSSR count). The van der Waals surface area contributed by atoms with Crippen molar-refractivity contribution in [3.63, 3.8) is 0 Å². The zero-order valence-electron chi connectivity index (χ0n) is 13.5. The van der Waals surface area contributed by atoms with Gasteiger partial charge in [-0.15, -0.1) is 17.2 Å². The van der Waals surface area contributed by atoms with E-state index in [2.05, 4.69) is 69.0 Å². The minimum Gasteiger partial charge on any atom is -1.00 e. The van der Waals surface area contributed by atoms with Gasteiger partial charge in [0.1, 0.15) is 0 Å². The molecule has 1 unspecified atom stereocenters. The molecule has 1 atom stereocenters. The summed E-state index contributed by atoms with van der Waals surface area (Å²) in [5.41, 5.74) is 0. The van der Waals surface area contributed by atoms with Crippen LogP contribution in [0.25, 0.3) is 0 Å². The van der Waals surface area contributed by atoms with Crippen LogP contribution >= 0.6 is 17.2 Å². The Kier molecular flexibility index (Phi) is 16.6. The summed E-state index contributed by atoms with van der Waals surface area (Å²) < 4.78 is 0. The largest absolute Gasteiger partial charge is 1.00 e. The summed E-state index contributed by atoms with van der Waals surface area (Å²) in [6, 6.07) is 0. The number of halogens is 1. The van der Waals surface area contributed by atoms with Gasteiger partial charge in [0, 0.05) is 0 Å². The van der Waals surface area contributed by atoms with Crippen molar-refractivity contribution in [3.8, 4) is 0 Å². The molecule has 0 aliphatic heterocycles. The van der Waals surface area contributed by atoms with Crippen LogP contribution in [-0.2, 0) is 0 Å². The summed E-state index contributed by atoms with van der Waals surface area (Å²) in [6.45, 7) is 22.8. The molecule has 0 N–H and O–H groups in total. The van der Waals surface area contributed by atoms with Crippen LogP contribution in [0.4, 0.5) is 0 Å². The SMILES string of the molecule is CC(C)(C)PC(C)(C)C.CPC(C)(C)C.[B+].[I-]. The van der Waals surface area contributed by atoms with Crippen molar-refractivity contribution in [1.82, 2.24) is 0 Å². The molecule has 0 aromatic carbocycles. The molecular formula is C13H32BIP2. The maximum atomic E-state index is 2.30. The summed E-state index contributed by atoms with van der Waals surface area (Å²) in [4.78, 5) is 0. The van der Waals surface area contributed by atoms with E-state index in [0.29, 0.717) is 15.5 Å². The van der Waals surface area contributed by atoms with Gasteiger partial charge in [0.05, 0.1) is 0 Å². The fourth-order valence-corrected chi connectivity index (χ4v) is 3.38. The van der Waals surface area contributed by atoms with Crippen molar-refractivity contribution in [3.05, 3.63) is 0 Å². The van der Waals surface area contributed by atoms with Gasteiger partial charge < -0.3 is 24.0 Å². The first kappa shape index (κ1) is 27.1. The van der Waals surface area contributed by atoms with E-state index in [1.807, 2.05) is 0 Å². The van der Waals surface area contributed by atoms with Gasteiger partial charge >= 0.3 is 8.41 Å². The molecule has 0 saturated heterocycles. The average Bonchev–Trinajstić information content (AvgIpc) is 1.78. The van der Waals surface area contributed by atoms with Gasteiger partial charge in [0.25, 0.3) is 0 Å². The molecule has 104 valence electrons. The van der Waals surface area contributed by atoms with E-state index in [1.54, 1.807) is 0 Å². The van der Waals surface area contributed by atoms with Crippen molar-refractivity contribution in [1.29, 1.82) is 0 Å². The van der Waals surface area contributed by atoms with Gasteiger partial charge in [0.2, 0.25) is 0 Å². The molecule has 4 heteroatoms. The number of hydrogen-bond donors (Lipinski definition) is 0. The monoisotopic (exact) mass is 388 g/mol. The zero-order chi connectivity index (χ0) is 12.9. The Labute approximate surface area is 133 Å². The van der Waals surface area contributed by atoms with Crippen LogP contribution in [0, 0.1) is 0 Å². The van der Waals surface area contributed by atoms with Crippen molar-refractivity contribution < 1.29 is 24.0 Å². The minimum absolute atomic E-state index is 0. The molecule has 0 saturated carbocycles. The molecule has 0 aromatic rings. The molecule has 2 radical (unpaired) electrons. The van der Waals surface area contributed by atoms with Crippen LogP contribution in [0.15, 0.2) is 0 Å². The predicted molar refractivity (Wildman–Crippen MR) is 87.6 cm³/mol. The summed E-state index contributed by atoms with van der Waals surface area (Å²) in [5.74, 6) is 0. The first-order valence-corrected chi connectivity index (χ1v) is 8.25. The smallest absolute Gasteiger partial charge is 1.00 e. The van der Waals surface area contributed by atoms with Crippen molar-refractivity contribution in [2.75, 3.05) is 6.66 Å². The van der Waals surface area contributed by atoms with Crippen molar-refractivity contribution in [2.24, 2.45) is 0 Å². The molecule has 0 spiro atoms. The second-order valence-electron chi connectivity index (χ2n) is 7.12. The van der Waals surface area contributed by atoms with E-state index < -0.39 is 0 Å². The van der Waals surface area contributed by atoms with E-state index in [9.17, 15) is 0 Å². The summed E-state index contributed by atoms with van der Waals surface area (Å²) in [6.07, 6.45) is 0. The fraction of sp³-hybridized carbons (Fsp3) is 1.00. The van der Waals surface area contributed by atoms with E-state index >= 15 is 0 Å². The van der Waals surface area contributed by atoms with E-state index in [-0.39, 0.29) is 32.4 Å². The maximum absolute atomic E-state index is 2.30. The molecule has 0 heterocycles. The molecule has 17 heavy (non-hydrogen) atoms. The van der Waals surface area contributed by atoms with Gasteiger partial charge in [-0.2, -0.15) is 0 Å². The Bertz CT molecular complexity index is 152. The predicted octanol–water partition coefficient (Wildman–Crippen LogP) is 1.98. The number of rotatable bonds is 0. The normalized spacial score (nSPS) is 12.4. The van der Waals surface area contributed by atoms with E-state index in [1.165, 1.54) is 0 Å². The Morgan fingerprint density at radius 1 is 0.588 bits per heavy atom.